The van der Waals surface area contributed by atoms with Gasteiger partial charge in [0.1, 0.15) is 23.5 Å². The molecule has 0 spiro atoms. The number of halogens is 1. The Kier molecular flexibility index (Phi) is 6.68. The van der Waals surface area contributed by atoms with E-state index in [2.05, 4.69) is 26.7 Å². The lowest BCUT2D eigenvalue weighted by molar-refractivity contribution is -0.129. The summed E-state index contributed by atoms with van der Waals surface area (Å²) in [5.74, 6) is -0.654. The molecule has 2 aliphatic heterocycles. The monoisotopic (exact) mass is 608 g/mol. The van der Waals surface area contributed by atoms with Crippen molar-refractivity contribution in [2.24, 2.45) is 0 Å². The molecule has 1 amide bonds. The Balaban J connectivity index is 1.59. The highest BCUT2D eigenvalue weighted by Gasteiger charge is 2.40. The van der Waals surface area contributed by atoms with Crippen molar-refractivity contribution >= 4 is 33.7 Å². The zero-order valence-electron chi connectivity index (χ0n) is 25.8. The Morgan fingerprint density at radius 3 is 2.73 bits per heavy atom. The number of pyridine rings is 2. The van der Waals surface area contributed by atoms with Crippen LogP contribution in [0.3, 0.4) is 0 Å². The molecule has 6 heterocycles. The number of carbonyl (C=O) groups is 1. The molecule has 0 aliphatic carbocycles. The molecule has 0 radical (unpaired) electrons. The smallest absolute Gasteiger partial charge is 0.355 e. The lowest BCUT2D eigenvalue weighted by Gasteiger charge is -2.44. The van der Waals surface area contributed by atoms with Crippen molar-refractivity contribution in [3.63, 3.8) is 0 Å². The van der Waals surface area contributed by atoms with Gasteiger partial charge in [-0.25, -0.2) is 18.7 Å². The molecule has 1 fully saturated rings. The van der Waals surface area contributed by atoms with Gasteiger partial charge < -0.3 is 14.5 Å². The van der Waals surface area contributed by atoms with E-state index in [9.17, 15) is 9.59 Å². The molecule has 12 heteroatoms. The third kappa shape index (κ3) is 4.30. The molecule has 2 aliphatic rings. The molecule has 2 unspecified atom stereocenters. The van der Waals surface area contributed by atoms with Crippen LogP contribution in [0.1, 0.15) is 43.5 Å². The van der Waals surface area contributed by atoms with Gasteiger partial charge in [0.05, 0.1) is 29.1 Å². The molecule has 45 heavy (non-hydrogen) atoms. The molecule has 5 aromatic rings. The Morgan fingerprint density at radius 1 is 1.18 bits per heavy atom. The molecular weight excluding hydrogens is 575 g/mol. The lowest BCUT2D eigenvalue weighted by Crippen LogP contribution is -2.60. The summed E-state index contributed by atoms with van der Waals surface area (Å²) >= 11 is 0. The number of piperazine rings is 1. The van der Waals surface area contributed by atoms with Crippen LogP contribution >= 0.6 is 0 Å². The van der Waals surface area contributed by atoms with Gasteiger partial charge in [-0.3, -0.25) is 14.9 Å². The van der Waals surface area contributed by atoms with Crippen molar-refractivity contribution in [2.45, 2.75) is 52.6 Å². The van der Waals surface area contributed by atoms with E-state index in [1.807, 2.05) is 57.7 Å². The average Bonchev–Trinajstić information content (AvgIpc) is 3.43. The first-order chi connectivity index (χ1) is 21.6. The van der Waals surface area contributed by atoms with E-state index in [0.29, 0.717) is 40.8 Å². The number of benzene rings is 1. The van der Waals surface area contributed by atoms with Crippen molar-refractivity contribution in [2.75, 3.05) is 24.6 Å². The number of anilines is 1. The van der Waals surface area contributed by atoms with Crippen LogP contribution < -0.4 is 15.3 Å². The van der Waals surface area contributed by atoms with Crippen LogP contribution in [0, 0.1) is 19.7 Å². The van der Waals surface area contributed by atoms with E-state index in [4.69, 9.17) is 9.72 Å². The number of hydrogen-bond acceptors (Lipinski definition) is 8. The summed E-state index contributed by atoms with van der Waals surface area (Å²) in [6, 6.07) is 4.97. The van der Waals surface area contributed by atoms with E-state index in [-0.39, 0.29) is 47.4 Å². The van der Waals surface area contributed by atoms with Crippen LogP contribution in [0.15, 0.2) is 48.0 Å². The van der Waals surface area contributed by atoms with E-state index in [1.165, 1.54) is 10.6 Å². The second kappa shape index (κ2) is 10.5. The van der Waals surface area contributed by atoms with Gasteiger partial charge in [-0.15, -0.1) is 0 Å². The molecule has 11 nitrogen and oxygen atoms in total. The Labute approximate surface area is 258 Å². The number of H-pyrrole nitrogens is 1. The maximum Gasteiger partial charge on any atom is 0.355 e. The van der Waals surface area contributed by atoms with Gasteiger partial charge in [0.25, 0.3) is 0 Å². The number of aromatic nitrogens is 6. The molecule has 1 N–H and O–H groups in total. The van der Waals surface area contributed by atoms with Crippen molar-refractivity contribution in [3.8, 4) is 22.7 Å². The van der Waals surface area contributed by atoms with E-state index >= 15 is 4.39 Å². The van der Waals surface area contributed by atoms with Gasteiger partial charge in [0, 0.05) is 36.3 Å². The molecule has 1 aromatic carbocycles. The highest BCUT2D eigenvalue weighted by Crippen LogP contribution is 2.44. The fourth-order valence-corrected chi connectivity index (χ4v) is 6.66. The van der Waals surface area contributed by atoms with Crippen LogP contribution in [0.2, 0.25) is 0 Å². The Hall–Kier alpha value is -5.13. The number of amides is 1. The first-order valence-electron chi connectivity index (χ1n) is 15.0. The minimum Gasteiger partial charge on any atom is -0.487 e. The van der Waals surface area contributed by atoms with Crippen LogP contribution in [-0.2, 0) is 4.79 Å². The summed E-state index contributed by atoms with van der Waals surface area (Å²) in [7, 11) is 0. The van der Waals surface area contributed by atoms with Gasteiger partial charge in [0.2, 0.25) is 5.91 Å². The SMILES string of the molecule is C=CC(=O)N1CC2COc3c(F)c(-c4c(C)ccc5[nH]ncc45)nc4c3c(nc(=O)n4-c3c(C)ccnc3C(C)C)N2CC1C. The number of aromatic amines is 1. The molecule has 0 bridgehead atoms. The topological polar surface area (TPSA) is 122 Å². The van der Waals surface area contributed by atoms with Crippen molar-refractivity contribution < 1.29 is 13.9 Å². The van der Waals surface area contributed by atoms with Gasteiger partial charge >= 0.3 is 5.69 Å². The number of hydrogen-bond donors (Lipinski definition) is 1. The fraction of sp³-hybridized carbons (Fsp3) is 0.333. The molecule has 2 atom stereocenters. The zero-order valence-corrected chi connectivity index (χ0v) is 25.8. The minimum absolute atomic E-state index is 0.0320. The normalized spacial score (nSPS) is 17.8. The summed E-state index contributed by atoms with van der Waals surface area (Å²) in [4.78, 5) is 44.8. The van der Waals surface area contributed by atoms with Crippen LogP contribution in [0.25, 0.3) is 38.9 Å². The maximum absolute atomic E-state index is 17.0. The number of carbonyl (C=O) groups excluding carboxylic acids is 1. The third-order valence-electron chi connectivity index (χ3n) is 8.89. The summed E-state index contributed by atoms with van der Waals surface area (Å²) in [5, 5.41) is 8.12. The molecule has 7 rings (SSSR count). The summed E-state index contributed by atoms with van der Waals surface area (Å²) < 4.78 is 24.8. The molecule has 230 valence electrons. The second-order valence-corrected chi connectivity index (χ2v) is 12.1. The number of ether oxygens (including phenoxy) is 1. The van der Waals surface area contributed by atoms with Gasteiger partial charge in [0.15, 0.2) is 17.2 Å². The predicted molar refractivity (Wildman–Crippen MR) is 170 cm³/mol. The largest absolute Gasteiger partial charge is 0.487 e. The highest BCUT2D eigenvalue weighted by atomic mass is 19.1. The van der Waals surface area contributed by atoms with Gasteiger partial charge in [-0.1, -0.05) is 26.5 Å². The van der Waals surface area contributed by atoms with E-state index in [0.717, 1.165) is 16.6 Å². The van der Waals surface area contributed by atoms with E-state index in [1.54, 1.807) is 17.3 Å². The highest BCUT2D eigenvalue weighted by molar-refractivity contribution is 6.01. The summed E-state index contributed by atoms with van der Waals surface area (Å²) in [5.41, 5.74) is 3.78. The quantitative estimate of drug-likeness (QED) is 0.294. The lowest BCUT2D eigenvalue weighted by atomic mass is 9.99. The Morgan fingerprint density at radius 2 is 1.98 bits per heavy atom. The van der Waals surface area contributed by atoms with Gasteiger partial charge in [-0.05, 0) is 56.0 Å². The molecule has 1 saturated heterocycles. The first-order valence-corrected chi connectivity index (χ1v) is 15.0. The van der Waals surface area contributed by atoms with E-state index < -0.39 is 17.5 Å². The molecular formula is C33H33FN8O3. The third-order valence-corrected chi connectivity index (χ3v) is 8.89. The van der Waals surface area contributed by atoms with Crippen LogP contribution in [-0.4, -0.2) is 72.3 Å². The number of nitrogens with zero attached hydrogens (tertiary/aromatic N) is 7. The first kappa shape index (κ1) is 28.6. The van der Waals surface area contributed by atoms with Crippen LogP contribution in [0.5, 0.6) is 5.75 Å². The standard InChI is InChI=1S/C33H33FN8O3/c1-7-23(43)40-14-20-15-45-30-25-31(41(20)13-19(40)6)38-33(44)42(29-18(5)10-11-35-27(29)16(2)3)32(25)37-28(26(30)34)24-17(4)8-9-22-21(24)12-36-39-22/h7-12,16,19-20H,1,13-15H2,2-6H3,(H,36,39). The molecule has 0 saturated carbocycles. The zero-order chi connectivity index (χ0) is 31.7. The summed E-state index contributed by atoms with van der Waals surface area (Å²) in [6.45, 7) is 14.1. The van der Waals surface area contributed by atoms with Crippen molar-refractivity contribution in [3.05, 3.63) is 76.4 Å². The average molecular weight is 609 g/mol. The molecule has 4 aromatic heterocycles. The second-order valence-electron chi connectivity index (χ2n) is 12.1. The number of aryl methyl sites for hydroxylation is 2. The Bertz CT molecular complexity index is 2100. The summed E-state index contributed by atoms with van der Waals surface area (Å²) in [6.07, 6.45) is 4.64. The number of fused-ring (bicyclic) bond motifs is 3. The van der Waals surface area contributed by atoms with Crippen LogP contribution in [0.4, 0.5) is 10.2 Å². The maximum atomic E-state index is 17.0. The fourth-order valence-electron chi connectivity index (χ4n) is 6.66. The van der Waals surface area contributed by atoms with Gasteiger partial charge in [-0.2, -0.15) is 10.1 Å². The number of rotatable bonds is 4. The predicted octanol–water partition coefficient (Wildman–Crippen LogP) is 4.58. The number of nitrogens with one attached hydrogen (secondary N) is 1. The van der Waals surface area contributed by atoms with Crippen molar-refractivity contribution in [1.82, 2.24) is 34.6 Å². The van der Waals surface area contributed by atoms with Crippen molar-refractivity contribution in [1.29, 1.82) is 0 Å². The minimum atomic E-state index is -0.661.